The molecular formula is C23H16Cl2FN3O2S. The van der Waals surface area contributed by atoms with E-state index < -0.39 is 5.91 Å². The molecule has 0 aliphatic rings. The van der Waals surface area contributed by atoms with Crippen molar-refractivity contribution in [2.24, 2.45) is 5.10 Å². The summed E-state index contributed by atoms with van der Waals surface area (Å²) in [5.41, 5.74) is 2.47. The molecule has 162 valence electrons. The standard InChI is InChI=1S/C23H16Cl2FN3O2S/c1-14-2-8-19-21(10-14)32-23(28-19)29(27-12-15-3-6-17(26)7-4-15)22(30)13-31-20-9-5-16(24)11-18(20)25/h2-12H,13H2,1H3/b27-12+. The lowest BCUT2D eigenvalue weighted by atomic mass is 10.2. The SMILES string of the molecule is Cc1ccc2nc(N(/N=C/c3ccc(F)cc3)C(=O)COc3ccc(Cl)cc3Cl)sc2c1. The number of hydrogen-bond donors (Lipinski definition) is 0. The van der Waals surface area contributed by atoms with E-state index in [1.54, 1.807) is 24.3 Å². The molecule has 5 nitrogen and oxygen atoms in total. The third kappa shape index (κ3) is 5.24. The Morgan fingerprint density at radius 3 is 2.69 bits per heavy atom. The van der Waals surface area contributed by atoms with E-state index in [1.807, 2.05) is 25.1 Å². The summed E-state index contributed by atoms with van der Waals surface area (Å²) in [6.07, 6.45) is 1.46. The molecule has 0 aliphatic carbocycles. The molecule has 1 aromatic heterocycles. The molecule has 0 spiro atoms. The van der Waals surface area contributed by atoms with E-state index in [2.05, 4.69) is 10.1 Å². The van der Waals surface area contributed by atoms with Crippen LogP contribution in [0.1, 0.15) is 11.1 Å². The van der Waals surface area contributed by atoms with Crippen molar-refractivity contribution >= 4 is 62.0 Å². The molecule has 0 saturated carbocycles. The molecule has 0 unspecified atom stereocenters. The smallest absolute Gasteiger partial charge is 0.287 e. The number of amides is 1. The highest BCUT2D eigenvalue weighted by atomic mass is 35.5. The van der Waals surface area contributed by atoms with Crippen molar-refractivity contribution in [1.29, 1.82) is 0 Å². The van der Waals surface area contributed by atoms with Crippen molar-refractivity contribution in [1.82, 2.24) is 4.98 Å². The fourth-order valence-corrected chi connectivity index (χ4v) is 4.30. The van der Waals surface area contributed by atoms with Gasteiger partial charge in [-0.1, -0.05) is 52.7 Å². The molecule has 3 aromatic carbocycles. The summed E-state index contributed by atoms with van der Waals surface area (Å²) in [6, 6.07) is 16.3. The van der Waals surface area contributed by atoms with Crippen molar-refractivity contribution < 1.29 is 13.9 Å². The van der Waals surface area contributed by atoms with Crippen LogP contribution in [-0.2, 0) is 4.79 Å². The largest absolute Gasteiger partial charge is 0.482 e. The van der Waals surface area contributed by atoms with Crippen molar-refractivity contribution in [3.8, 4) is 5.75 Å². The number of fused-ring (bicyclic) bond motifs is 1. The Morgan fingerprint density at radius 2 is 1.94 bits per heavy atom. The third-order valence-corrected chi connectivity index (χ3v) is 5.91. The molecule has 1 amide bonds. The van der Waals surface area contributed by atoms with E-state index in [9.17, 15) is 9.18 Å². The van der Waals surface area contributed by atoms with Crippen molar-refractivity contribution in [3.63, 3.8) is 0 Å². The van der Waals surface area contributed by atoms with Crippen LogP contribution in [0.5, 0.6) is 5.75 Å². The minimum absolute atomic E-state index is 0.294. The Labute approximate surface area is 197 Å². The molecule has 0 bridgehead atoms. The van der Waals surface area contributed by atoms with Crippen LogP contribution in [-0.4, -0.2) is 23.7 Å². The topological polar surface area (TPSA) is 54.8 Å². The number of carbonyl (C=O) groups is 1. The van der Waals surface area contributed by atoms with E-state index in [0.29, 0.717) is 26.5 Å². The van der Waals surface area contributed by atoms with Gasteiger partial charge >= 0.3 is 0 Å². The third-order valence-electron chi connectivity index (χ3n) is 4.39. The maximum Gasteiger partial charge on any atom is 0.287 e. The van der Waals surface area contributed by atoms with Crippen molar-refractivity contribution in [2.45, 2.75) is 6.92 Å². The first-order valence-corrected chi connectivity index (χ1v) is 11.0. The van der Waals surface area contributed by atoms with Gasteiger partial charge in [-0.25, -0.2) is 9.37 Å². The number of carbonyl (C=O) groups excluding carboxylic acids is 1. The Morgan fingerprint density at radius 1 is 1.16 bits per heavy atom. The van der Waals surface area contributed by atoms with Crippen LogP contribution in [0.4, 0.5) is 9.52 Å². The number of aromatic nitrogens is 1. The van der Waals surface area contributed by atoms with Crippen molar-refractivity contribution in [3.05, 3.63) is 87.7 Å². The van der Waals surface area contributed by atoms with Crippen LogP contribution in [0, 0.1) is 12.7 Å². The van der Waals surface area contributed by atoms with E-state index >= 15 is 0 Å². The van der Waals surface area contributed by atoms with E-state index in [0.717, 1.165) is 15.8 Å². The Kier molecular flexibility index (Phi) is 6.69. The molecular weight excluding hydrogens is 472 g/mol. The van der Waals surface area contributed by atoms with Gasteiger partial charge in [-0.05, 0) is 60.5 Å². The fourth-order valence-electron chi connectivity index (χ4n) is 2.80. The summed E-state index contributed by atoms with van der Waals surface area (Å²) in [7, 11) is 0. The van der Waals surface area contributed by atoms with Crippen LogP contribution in [0.2, 0.25) is 10.0 Å². The van der Waals surface area contributed by atoms with Crippen LogP contribution >= 0.6 is 34.5 Å². The summed E-state index contributed by atoms with van der Waals surface area (Å²) in [5, 5.41) is 6.63. The molecule has 0 fully saturated rings. The Bertz CT molecular complexity index is 1310. The van der Waals surface area contributed by atoms with Gasteiger partial charge in [0.1, 0.15) is 11.6 Å². The van der Waals surface area contributed by atoms with Gasteiger partial charge in [-0.15, -0.1) is 0 Å². The van der Waals surface area contributed by atoms with Crippen LogP contribution in [0.15, 0.2) is 65.8 Å². The van der Waals surface area contributed by atoms with Gasteiger partial charge in [0.25, 0.3) is 5.91 Å². The molecule has 0 saturated heterocycles. The second-order valence-electron chi connectivity index (χ2n) is 6.83. The number of anilines is 1. The van der Waals surface area contributed by atoms with E-state index in [-0.39, 0.29) is 12.4 Å². The number of ether oxygens (including phenoxy) is 1. The first kappa shape index (κ1) is 22.2. The fraction of sp³-hybridized carbons (Fsp3) is 0.0870. The number of rotatable bonds is 6. The van der Waals surface area contributed by atoms with Crippen LogP contribution < -0.4 is 9.75 Å². The molecule has 32 heavy (non-hydrogen) atoms. The van der Waals surface area contributed by atoms with Gasteiger partial charge in [0.05, 0.1) is 21.5 Å². The number of halogens is 3. The first-order valence-electron chi connectivity index (χ1n) is 9.46. The van der Waals surface area contributed by atoms with E-state index in [4.69, 9.17) is 27.9 Å². The maximum absolute atomic E-state index is 13.2. The van der Waals surface area contributed by atoms with Gasteiger partial charge < -0.3 is 4.74 Å². The summed E-state index contributed by atoms with van der Waals surface area (Å²) in [4.78, 5) is 17.6. The second-order valence-corrected chi connectivity index (χ2v) is 8.69. The number of thiazole rings is 1. The average molecular weight is 488 g/mol. The molecule has 0 N–H and O–H groups in total. The lowest BCUT2D eigenvalue weighted by molar-refractivity contribution is -0.120. The summed E-state index contributed by atoms with van der Waals surface area (Å²) >= 11 is 13.4. The normalized spacial score (nSPS) is 11.2. The number of nitrogens with zero attached hydrogens (tertiary/aromatic N) is 3. The molecule has 0 aliphatic heterocycles. The highest BCUT2D eigenvalue weighted by Crippen LogP contribution is 2.31. The minimum atomic E-state index is -0.454. The maximum atomic E-state index is 13.2. The highest BCUT2D eigenvalue weighted by molar-refractivity contribution is 7.22. The van der Waals surface area contributed by atoms with Crippen LogP contribution in [0.3, 0.4) is 0 Å². The molecule has 0 radical (unpaired) electrons. The molecule has 4 aromatic rings. The molecule has 1 heterocycles. The Balaban J connectivity index is 1.62. The summed E-state index contributed by atoms with van der Waals surface area (Å²) in [6.45, 7) is 1.66. The molecule has 9 heteroatoms. The number of hydrogen-bond acceptors (Lipinski definition) is 5. The lowest BCUT2D eigenvalue weighted by Crippen LogP contribution is -2.30. The van der Waals surface area contributed by atoms with Gasteiger partial charge in [0.15, 0.2) is 6.61 Å². The molecule has 4 rings (SSSR count). The second kappa shape index (κ2) is 9.65. The Hall–Kier alpha value is -3.00. The highest BCUT2D eigenvalue weighted by Gasteiger charge is 2.20. The average Bonchev–Trinajstić information content (AvgIpc) is 3.17. The monoisotopic (exact) mass is 487 g/mol. The zero-order valence-corrected chi connectivity index (χ0v) is 19.1. The molecule has 0 atom stereocenters. The summed E-state index contributed by atoms with van der Waals surface area (Å²) in [5.74, 6) is -0.484. The zero-order chi connectivity index (χ0) is 22.7. The number of aryl methyl sites for hydroxylation is 1. The zero-order valence-electron chi connectivity index (χ0n) is 16.8. The van der Waals surface area contributed by atoms with Gasteiger partial charge in [0, 0.05) is 5.02 Å². The number of benzene rings is 3. The van der Waals surface area contributed by atoms with Gasteiger partial charge in [-0.2, -0.15) is 10.1 Å². The predicted octanol–water partition coefficient (Wildman–Crippen LogP) is 6.50. The predicted molar refractivity (Wildman–Crippen MR) is 128 cm³/mol. The summed E-state index contributed by atoms with van der Waals surface area (Å²) < 4.78 is 19.7. The first-order chi connectivity index (χ1) is 15.4. The minimum Gasteiger partial charge on any atom is -0.482 e. The number of hydrazone groups is 1. The quantitative estimate of drug-likeness (QED) is 0.230. The van der Waals surface area contributed by atoms with Crippen molar-refractivity contribution in [2.75, 3.05) is 11.6 Å². The van der Waals surface area contributed by atoms with Gasteiger partial charge in [-0.3, -0.25) is 4.79 Å². The van der Waals surface area contributed by atoms with Crippen LogP contribution in [0.25, 0.3) is 10.2 Å². The van der Waals surface area contributed by atoms with Gasteiger partial charge in [0.2, 0.25) is 5.13 Å². The van der Waals surface area contributed by atoms with E-state index in [1.165, 1.54) is 40.8 Å². The lowest BCUT2D eigenvalue weighted by Gasteiger charge is -2.15.